The predicted octanol–water partition coefficient (Wildman–Crippen LogP) is 2.43. The molecule has 4 heteroatoms. The average molecular weight is 260 g/mol. The van der Waals surface area contributed by atoms with Gasteiger partial charge in [-0.1, -0.05) is 0 Å². The third-order valence-corrected chi connectivity index (χ3v) is 3.41. The van der Waals surface area contributed by atoms with Gasteiger partial charge in [0, 0.05) is 24.9 Å². The number of benzene rings is 1. The highest BCUT2D eigenvalue weighted by molar-refractivity contribution is 5.50. The lowest BCUT2D eigenvalue weighted by Gasteiger charge is -2.19. The fraction of sp³-hybridized carbons (Fsp3) is 0.333. The van der Waals surface area contributed by atoms with Crippen LogP contribution in [-0.2, 0) is 0 Å². The molecular formula is C15H20N2O2. The van der Waals surface area contributed by atoms with Crippen LogP contribution in [0.25, 0.3) is 0 Å². The number of hydrogen-bond acceptors (Lipinski definition) is 3. The number of rotatable bonds is 5. The number of aromatic amines is 1. The number of H-pyrrole nitrogens is 1. The third kappa shape index (κ3) is 2.58. The van der Waals surface area contributed by atoms with Crippen molar-refractivity contribution in [2.45, 2.75) is 12.8 Å². The van der Waals surface area contributed by atoms with Gasteiger partial charge in [-0.2, -0.15) is 0 Å². The van der Waals surface area contributed by atoms with Gasteiger partial charge in [-0.15, -0.1) is 0 Å². The number of aromatic nitrogens is 1. The molecule has 102 valence electrons. The first kappa shape index (κ1) is 13.5. The van der Waals surface area contributed by atoms with Crippen molar-refractivity contribution in [3.05, 3.63) is 47.3 Å². The van der Waals surface area contributed by atoms with Crippen LogP contribution in [0.15, 0.2) is 30.6 Å². The first-order valence-corrected chi connectivity index (χ1v) is 6.26. The highest BCUT2D eigenvalue weighted by atomic mass is 16.5. The van der Waals surface area contributed by atoms with Crippen LogP contribution < -0.4 is 15.2 Å². The second kappa shape index (κ2) is 5.80. The zero-order valence-electron chi connectivity index (χ0n) is 11.6. The number of hydrogen-bond donors (Lipinski definition) is 2. The Morgan fingerprint density at radius 3 is 2.42 bits per heavy atom. The number of aryl methyl sites for hydroxylation is 1. The first-order chi connectivity index (χ1) is 9.21. The van der Waals surface area contributed by atoms with Crippen LogP contribution in [0.5, 0.6) is 11.5 Å². The van der Waals surface area contributed by atoms with Crippen molar-refractivity contribution in [1.29, 1.82) is 0 Å². The van der Waals surface area contributed by atoms with Crippen molar-refractivity contribution >= 4 is 0 Å². The van der Waals surface area contributed by atoms with Crippen LogP contribution in [0.4, 0.5) is 0 Å². The predicted molar refractivity (Wildman–Crippen MR) is 76.0 cm³/mol. The van der Waals surface area contributed by atoms with Crippen molar-refractivity contribution < 1.29 is 9.47 Å². The molecule has 4 nitrogen and oxygen atoms in total. The molecule has 1 aromatic carbocycles. The molecule has 1 aromatic heterocycles. The Kier molecular flexibility index (Phi) is 4.12. The lowest BCUT2D eigenvalue weighted by Crippen LogP contribution is -2.14. The van der Waals surface area contributed by atoms with Gasteiger partial charge in [-0.25, -0.2) is 0 Å². The summed E-state index contributed by atoms with van der Waals surface area (Å²) in [6.45, 7) is 2.61. The minimum Gasteiger partial charge on any atom is -0.493 e. The summed E-state index contributed by atoms with van der Waals surface area (Å²) in [5.41, 5.74) is 9.43. The highest BCUT2D eigenvalue weighted by Gasteiger charge is 2.18. The molecule has 0 aliphatic carbocycles. The van der Waals surface area contributed by atoms with Crippen molar-refractivity contribution in [2.75, 3.05) is 20.8 Å². The Labute approximate surface area is 113 Å². The molecule has 0 radical (unpaired) electrons. The Hall–Kier alpha value is -1.94. The topological polar surface area (TPSA) is 60.3 Å². The summed E-state index contributed by atoms with van der Waals surface area (Å²) in [6.07, 6.45) is 3.89. The molecule has 0 aliphatic heterocycles. The number of nitrogens with one attached hydrogen (secondary N) is 1. The molecule has 0 aliphatic rings. The third-order valence-electron chi connectivity index (χ3n) is 3.41. The van der Waals surface area contributed by atoms with Gasteiger partial charge in [0.25, 0.3) is 0 Å². The largest absolute Gasteiger partial charge is 0.493 e. The smallest absolute Gasteiger partial charge is 0.161 e. The van der Waals surface area contributed by atoms with E-state index in [0.29, 0.717) is 6.54 Å². The molecular weight excluding hydrogens is 240 g/mol. The summed E-state index contributed by atoms with van der Waals surface area (Å²) >= 11 is 0. The van der Waals surface area contributed by atoms with Crippen molar-refractivity contribution in [3.8, 4) is 11.5 Å². The molecule has 0 saturated heterocycles. The van der Waals surface area contributed by atoms with Crippen LogP contribution in [0.1, 0.15) is 22.6 Å². The number of nitrogens with two attached hydrogens (primary N) is 1. The number of methoxy groups -OCH3 is 2. The zero-order chi connectivity index (χ0) is 13.8. The quantitative estimate of drug-likeness (QED) is 0.868. The molecule has 1 atom stereocenters. The van der Waals surface area contributed by atoms with E-state index in [2.05, 4.69) is 11.9 Å². The SMILES string of the molecule is COc1cc(C)c(C(CN)c2cc[nH]c2)cc1OC. The van der Waals surface area contributed by atoms with E-state index in [1.807, 2.05) is 30.6 Å². The minimum atomic E-state index is 0.158. The molecule has 19 heavy (non-hydrogen) atoms. The van der Waals surface area contributed by atoms with E-state index < -0.39 is 0 Å². The second-order valence-corrected chi connectivity index (χ2v) is 4.50. The zero-order valence-corrected chi connectivity index (χ0v) is 11.6. The monoisotopic (exact) mass is 260 g/mol. The molecule has 1 heterocycles. The second-order valence-electron chi connectivity index (χ2n) is 4.50. The van der Waals surface area contributed by atoms with Gasteiger partial charge in [0.05, 0.1) is 14.2 Å². The van der Waals surface area contributed by atoms with E-state index in [9.17, 15) is 0 Å². The fourth-order valence-electron chi connectivity index (χ4n) is 2.37. The lowest BCUT2D eigenvalue weighted by atomic mass is 9.89. The van der Waals surface area contributed by atoms with E-state index in [1.165, 1.54) is 11.1 Å². The Balaban J connectivity index is 2.48. The van der Waals surface area contributed by atoms with Gasteiger partial charge in [0.1, 0.15) is 0 Å². The molecule has 2 aromatic rings. The Morgan fingerprint density at radius 2 is 1.89 bits per heavy atom. The molecule has 0 amide bonds. The summed E-state index contributed by atoms with van der Waals surface area (Å²) in [5.74, 6) is 1.64. The maximum atomic E-state index is 5.94. The average Bonchev–Trinajstić information content (AvgIpc) is 2.94. The molecule has 1 unspecified atom stereocenters. The van der Waals surface area contributed by atoms with Gasteiger partial charge in [-0.3, -0.25) is 0 Å². The highest BCUT2D eigenvalue weighted by Crippen LogP contribution is 2.35. The van der Waals surface area contributed by atoms with Crippen LogP contribution in [0, 0.1) is 6.92 Å². The molecule has 0 bridgehead atoms. The molecule has 0 fully saturated rings. The first-order valence-electron chi connectivity index (χ1n) is 6.26. The Morgan fingerprint density at radius 1 is 1.21 bits per heavy atom. The molecule has 2 rings (SSSR count). The van der Waals surface area contributed by atoms with E-state index in [-0.39, 0.29) is 5.92 Å². The molecule has 3 N–H and O–H groups in total. The maximum absolute atomic E-state index is 5.94. The van der Waals surface area contributed by atoms with Crippen molar-refractivity contribution in [2.24, 2.45) is 5.73 Å². The lowest BCUT2D eigenvalue weighted by molar-refractivity contribution is 0.354. The van der Waals surface area contributed by atoms with Gasteiger partial charge < -0.3 is 20.2 Å². The maximum Gasteiger partial charge on any atom is 0.161 e. The molecule has 0 spiro atoms. The van der Waals surface area contributed by atoms with Crippen LogP contribution in [0.3, 0.4) is 0 Å². The van der Waals surface area contributed by atoms with Crippen LogP contribution in [0.2, 0.25) is 0 Å². The van der Waals surface area contributed by atoms with E-state index in [4.69, 9.17) is 15.2 Å². The summed E-state index contributed by atoms with van der Waals surface area (Å²) in [4.78, 5) is 3.07. The number of ether oxygens (including phenoxy) is 2. The van der Waals surface area contributed by atoms with Gasteiger partial charge >= 0.3 is 0 Å². The summed E-state index contributed by atoms with van der Waals surface area (Å²) in [5, 5.41) is 0. The van der Waals surface area contributed by atoms with Gasteiger partial charge in [0.15, 0.2) is 11.5 Å². The fourth-order valence-corrected chi connectivity index (χ4v) is 2.37. The van der Waals surface area contributed by atoms with Crippen molar-refractivity contribution in [1.82, 2.24) is 4.98 Å². The van der Waals surface area contributed by atoms with E-state index in [0.717, 1.165) is 17.1 Å². The van der Waals surface area contributed by atoms with Crippen LogP contribution in [-0.4, -0.2) is 25.7 Å². The van der Waals surface area contributed by atoms with Gasteiger partial charge in [0.2, 0.25) is 0 Å². The Bertz CT molecular complexity index is 535. The normalized spacial score (nSPS) is 12.2. The van der Waals surface area contributed by atoms with E-state index in [1.54, 1.807) is 14.2 Å². The summed E-state index contributed by atoms with van der Waals surface area (Å²) < 4.78 is 10.7. The van der Waals surface area contributed by atoms with Crippen LogP contribution >= 0.6 is 0 Å². The molecule has 0 saturated carbocycles. The van der Waals surface area contributed by atoms with Gasteiger partial charge in [-0.05, 0) is 41.8 Å². The van der Waals surface area contributed by atoms with Crippen molar-refractivity contribution in [3.63, 3.8) is 0 Å². The van der Waals surface area contributed by atoms with E-state index >= 15 is 0 Å². The standard InChI is InChI=1S/C15H20N2O2/c1-10-6-14(18-2)15(19-3)7-12(10)13(8-16)11-4-5-17-9-11/h4-7,9,13,17H,8,16H2,1-3H3. The summed E-state index contributed by atoms with van der Waals surface area (Å²) in [7, 11) is 3.29. The minimum absolute atomic E-state index is 0.158. The summed E-state index contributed by atoms with van der Waals surface area (Å²) in [6, 6.07) is 6.05.